The third kappa shape index (κ3) is 4.72. The lowest BCUT2D eigenvalue weighted by molar-refractivity contribution is -0.115. The summed E-state index contributed by atoms with van der Waals surface area (Å²) in [7, 11) is 0. The molecule has 0 unspecified atom stereocenters. The van der Waals surface area contributed by atoms with Crippen molar-refractivity contribution in [3.05, 3.63) is 58.6 Å². The standard InChI is InChI=1S/C17H16ClNO4/c1-2-23-13-6-3-11(4-7-13)9-16(20)19-12-5-8-15(18)14(10-12)17(21)22/h3-8,10H,2,9H2,1H3,(H,19,20)(H,21,22). The molecule has 2 rings (SSSR count). The molecule has 2 N–H and O–H groups in total. The van der Waals surface area contributed by atoms with Crippen molar-refractivity contribution in [3.63, 3.8) is 0 Å². The first-order valence-corrected chi connectivity index (χ1v) is 7.42. The van der Waals surface area contributed by atoms with Gasteiger partial charge >= 0.3 is 5.97 Å². The summed E-state index contributed by atoms with van der Waals surface area (Å²) in [5.74, 6) is -0.633. The van der Waals surface area contributed by atoms with E-state index in [-0.39, 0.29) is 22.9 Å². The lowest BCUT2D eigenvalue weighted by Gasteiger charge is -2.08. The van der Waals surface area contributed by atoms with Gasteiger partial charge in [-0.3, -0.25) is 4.79 Å². The molecule has 2 aromatic carbocycles. The number of rotatable bonds is 6. The van der Waals surface area contributed by atoms with Crippen LogP contribution in [0.1, 0.15) is 22.8 Å². The minimum atomic E-state index is -1.14. The molecule has 0 aliphatic carbocycles. The minimum Gasteiger partial charge on any atom is -0.494 e. The van der Waals surface area contributed by atoms with Crippen molar-refractivity contribution < 1.29 is 19.4 Å². The number of carboxylic acids is 1. The van der Waals surface area contributed by atoms with E-state index in [1.54, 1.807) is 18.2 Å². The maximum absolute atomic E-state index is 12.0. The number of amides is 1. The van der Waals surface area contributed by atoms with Crippen LogP contribution in [0.25, 0.3) is 0 Å². The fourth-order valence-corrected chi connectivity index (χ4v) is 2.23. The van der Waals surface area contributed by atoms with Crippen LogP contribution in [0.3, 0.4) is 0 Å². The summed E-state index contributed by atoms with van der Waals surface area (Å²) in [4.78, 5) is 23.1. The van der Waals surface area contributed by atoms with Crippen LogP contribution in [0, 0.1) is 0 Å². The lowest BCUT2D eigenvalue weighted by Crippen LogP contribution is -2.14. The Morgan fingerprint density at radius 3 is 2.48 bits per heavy atom. The summed E-state index contributed by atoms with van der Waals surface area (Å²) in [5, 5.41) is 11.8. The fraction of sp³-hybridized carbons (Fsp3) is 0.176. The molecule has 23 heavy (non-hydrogen) atoms. The maximum atomic E-state index is 12.0. The van der Waals surface area contributed by atoms with Crippen molar-refractivity contribution in [2.24, 2.45) is 0 Å². The fourth-order valence-electron chi connectivity index (χ4n) is 2.03. The predicted octanol–water partition coefficient (Wildman–Crippen LogP) is 3.62. The number of anilines is 1. The summed E-state index contributed by atoms with van der Waals surface area (Å²) in [6, 6.07) is 11.6. The van der Waals surface area contributed by atoms with Gasteiger partial charge in [0.15, 0.2) is 0 Å². The second kappa shape index (κ2) is 7.65. The van der Waals surface area contributed by atoms with E-state index in [2.05, 4.69) is 5.32 Å². The summed E-state index contributed by atoms with van der Waals surface area (Å²) in [6.07, 6.45) is 0.178. The number of carbonyl (C=O) groups excluding carboxylic acids is 1. The van der Waals surface area contributed by atoms with Crippen molar-refractivity contribution >= 4 is 29.2 Å². The first-order chi connectivity index (χ1) is 11.0. The quantitative estimate of drug-likeness (QED) is 0.846. The zero-order valence-corrected chi connectivity index (χ0v) is 13.3. The monoisotopic (exact) mass is 333 g/mol. The molecule has 0 aromatic heterocycles. The van der Waals surface area contributed by atoms with Gasteiger partial charge in [-0.1, -0.05) is 23.7 Å². The molecule has 0 saturated heterocycles. The van der Waals surface area contributed by atoms with Crippen LogP contribution in [0.5, 0.6) is 5.75 Å². The van der Waals surface area contributed by atoms with E-state index in [1.807, 2.05) is 19.1 Å². The van der Waals surface area contributed by atoms with Gasteiger partial charge in [-0.2, -0.15) is 0 Å². The highest BCUT2D eigenvalue weighted by atomic mass is 35.5. The zero-order valence-electron chi connectivity index (χ0n) is 12.5. The molecule has 2 aromatic rings. The van der Waals surface area contributed by atoms with Gasteiger partial charge in [0.2, 0.25) is 5.91 Å². The molecule has 0 aliphatic heterocycles. The average molecular weight is 334 g/mol. The summed E-state index contributed by atoms with van der Waals surface area (Å²) < 4.78 is 5.34. The molecule has 0 atom stereocenters. The van der Waals surface area contributed by atoms with Gasteiger partial charge in [0, 0.05) is 5.69 Å². The largest absolute Gasteiger partial charge is 0.494 e. The van der Waals surface area contributed by atoms with Crippen LogP contribution < -0.4 is 10.1 Å². The molecule has 0 aliphatic rings. The van der Waals surface area contributed by atoms with E-state index in [0.717, 1.165) is 11.3 Å². The van der Waals surface area contributed by atoms with Crippen molar-refractivity contribution in [2.45, 2.75) is 13.3 Å². The van der Waals surface area contributed by atoms with Crippen molar-refractivity contribution in [1.82, 2.24) is 0 Å². The van der Waals surface area contributed by atoms with E-state index in [4.69, 9.17) is 21.4 Å². The Balaban J connectivity index is 2.02. The third-order valence-electron chi connectivity index (χ3n) is 3.08. The van der Waals surface area contributed by atoms with Crippen molar-refractivity contribution in [3.8, 4) is 5.75 Å². The van der Waals surface area contributed by atoms with Crippen molar-refractivity contribution in [1.29, 1.82) is 0 Å². The highest BCUT2D eigenvalue weighted by molar-refractivity contribution is 6.33. The summed E-state index contributed by atoms with van der Waals surface area (Å²) in [5.41, 5.74) is 1.17. The van der Waals surface area contributed by atoms with Crippen LogP contribution in [0.2, 0.25) is 5.02 Å². The van der Waals surface area contributed by atoms with Gasteiger partial charge in [0.05, 0.1) is 23.6 Å². The molecule has 0 heterocycles. The number of carbonyl (C=O) groups is 2. The van der Waals surface area contributed by atoms with E-state index in [1.165, 1.54) is 12.1 Å². The molecule has 5 nitrogen and oxygen atoms in total. The second-order valence-electron chi connectivity index (χ2n) is 4.80. The number of nitrogens with one attached hydrogen (secondary N) is 1. The zero-order chi connectivity index (χ0) is 16.8. The highest BCUT2D eigenvalue weighted by Crippen LogP contribution is 2.21. The van der Waals surface area contributed by atoms with Crippen LogP contribution >= 0.6 is 11.6 Å². The third-order valence-corrected chi connectivity index (χ3v) is 3.41. The molecule has 0 radical (unpaired) electrons. The van der Waals surface area contributed by atoms with Gasteiger partial charge in [0.1, 0.15) is 5.75 Å². The SMILES string of the molecule is CCOc1ccc(CC(=O)Nc2ccc(Cl)c(C(=O)O)c2)cc1. The Labute approximate surface area is 138 Å². The lowest BCUT2D eigenvalue weighted by atomic mass is 10.1. The average Bonchev–Trinajstić information content (AvgIpc) is 2.51. The topological polar surface area (TPSA) is 75.6 Å². The summed E-state index contributed by atoms with van der Waals surface area (Å²) >= 11 is 5.79. The highest BCUT2D eigenvalue weighted by Gasteiger charge is 2.11. The predicted molar refractivity (Wildman–Crippen MR) is 88.4 cm³/mol. The smallest absolute Gasteiger partial charge is 0.337 e. The van der Waals surface area contributed by atoms with E-state index < -0.39 is 5.97 Å². The number of halogens is 1. The number of aromatic carboxylic acids is 1. The van der Waals surface area contributed by atoms with Gasteiger partial charge < -0.3 is 15.2 Å². The molecule has 6 heteroatoms. The number of carboxylic acid groups (broad SMARTS) is 1. The van der Waals surface area contributed by atoms with Crippen molar-refractivity contribution in [2.75, 3.05) is 11.9 Å². The normalized spacial score (nSPS) is 10.2. The molecule has 0 bridgehead atoms. The number of ether oxygens (including phenoxy) is 1. The Morgan fingerprint density at radius 1 is 1.17 bits per heavy atom. The molecule has 0 saturated carbocycles. The summed E-state index contributed by atoms with van der Waals surface area (Å²) in [6.45, 7) is 2.49. The first-order valence-electron chi connectivity index (χ1n) is 7.04. The maximum Gasteiger partial charge on any atom is 0.337 e. The van der Waals surface area contributed by atoms with Crippen LogP contribution in [-0.4, -0.2) is 23.6 Å². The number of hydrogen-bond donors (Lipinski definition) is 2. The minimum absolute atomic E-state index is 0.0504. The molecular weight excluding hydrogens is 318 g/mol. The Hall–Kier alpha value is -2.53. The van der Waals surface area contributed by atoms with Gasteiger partial charge in [-0.25, -0.2) is 4.79 Å². The Morgan fingerprint density at radius 2 is 1.87 bits per heavy atom. The number of benzene rings is 2. The van der Waals surface area contributed by atoms with Gasteiger partial charge in [0.25, 0.3) is 0 Å². The van der Waals surface area contributed by atoms with Crippen LogP contribution in [0.15, 0.2) is 42.5 Å². The van der Waals surface area contributed by atoms with E-state index >= 15 is 0 Å². The first kappa shape index (κ1) is 16.8. The molecule has 0 spiro atoms. The molecule has 120 valence electrons. The van der Waals surface area contributed by atoms with E-state index in [0.29, 0.717) is 12.3 Å². The Bertz CT molecular complexity index is 713. The Kier molecular flexibility index (Phi) is 5.60. The van der Waals surface area contributed by atoms with Crippen LogP contribution in [-0.2, 0) is 11.2 Å². The molecule has 0 fully saturated rings. The second-order valence-corrected chi connectivity index (χ2v) is 5.21. The van der Waals surface area contributed by atoms with E-state index in [9.17, 15) is 9.59 Å². The molecule has 1 amide bonds. The number of hydrogen-bond acceptors (Lipinski definition) is 3. The van der Waals surface area contributed by atoms with Gasteiger partial charge in [-0.15, -0.1) is 0 Å². The van der Waals surface area contributed by atoms with Crippen LogP contribution in [0.4, 0.5) is 5.69 Å². The molecular formula is C17H16ClNO4. The van der Waals surface area contributed by atoms with Gasteiger partial charge in [-0.05, 0) is 42.8 Å².